The molecule has 1 heterocycles. The normalized spacial score (nSPS) is 22.1. The number of nitro benzene ring substituents is 1. The summed E-state index contributed by atoms with van der Waals surface area (Å²) in [6.45, 7) is 0. The van der Waals surface area contributed by atoms with E-state index in [4.69, 9.17) is 5.73 Å². The number of hydrogen-bond donors (Lipinski definition) is 2. The molecule has 3 rings (SSSR count). The lowest BCUT2D eigenvalue weighted by Gasteiger charge is -2.30. The Balaban J connectivity index is 1.99. The summed E-state index contributed by atoms with van der Waals surface area (Å²) in [6, 6.07) is 5.45. The Morgan fingerprint density at radius 3 is 2.81 bits per heavy atom. The predicted molar refractivity (Wildman–Crippen MR) is 82.3 cm³/mol. The molecule has 3 N–H and O–H groups in total. The van der Waals surface area contributed by atoms with Crippen molar-refractivity contribution in [2.45, 2.75) is 37.8 Å². The molecule has 21 heavy (non-hydrogen) atoms. The Labute approximate surface area is 122 Å². The van der Waals surface area contributed by atoms with Crippen molar-refractivity contribution >= 4 is 22.1 Å². The van der Waals surface area contributed by atoms with Gasteiger partial charge in [-0.15, -0.1) is 0 Å². The highest BCUT2D eigenvalue weighted by atomic mass is 16.6. The van der Waals surface area contributed by atoms with Gasteiger partial charge in [-0.3, -0.25) is 15.1 Å². The number of anilines is 1. The van der Waals surface area contributed by atoms with Crippen LogP contribution in [0, 0.1) is 10.1 Å². The van der Waals surface area contributed by atoms with Crippen LogP contribution in [0.2, 0.25) is 0 Å². The van der Waals surface area contributed by atoms with Gasteiger partial charge in [0.15, 0.2) is 0 Å². The third kappa shape index (κ3) is 2.67. The van der Waals surface area contributed by atoms with Gasteiger partial charge in [0, 0.05) is 41.6 Å². The van der Waals surface area contributed by atoms with Gasteiger partial charge in [0.2, 0.25) is 0 Å². The van der Waals surface area contributed by atoms with E-state index >= 15 is 0 Å². The van der Waals surface area contributed by atoms with Crippen molar-refractivity contribution in [3.8, 4) is 0 Å². The Morgan fingerprint density at radius 2 is 2.05 bits per heavy atom. The van der Waals surface area contributed by atoms with Crippen molar-refractivity contribution in [1.82, 2.24) is 4.98 Å². The fourth-order valence-corrected chi connectivity index (χ4v) is 3.00. The molecule has 1 saturated carbocycles. The molecule has 110 valence electrons. The van der Waals surface area contributed by atoms with Gasteiger partial charge in [-0.05, 0) is 25.0 Å². The number of nitrogens with two attached hydrogens (primary N) is 1. The van der Waals surface area contributed by atoms with E-state index in [2.05, 4.69) is 10.3 Å². The van der Waals surface area contributed by atoms with E-state index in [1.165, 1.54) is 12.5 Å². The van der Waals surface area contributed by atoms with Gasteiger partial charge >= 0.3 is 0 Å². The first-order valence-corrected chi connectivity index (χ1v) is 7.20. The molecule has 0 spiro atoms. The number of non-ortho nitro benzene ring substituents is 1. The molecule has 0 bridgehead atoms. The molecule has 1 aliphatic rings. The van der Waals surface area contributed by atoms with Gasteiger partial charge in [0.1, 0.15) is 0 Å². The lowest BCUT2D eigenvalue weighted by Crippen LogP contribution is -2.42. The minimum Gasteiger partial charge on any atom is -0.380 e. The van der Waals surface area contributed by atoms with Crippen LogP contribution in [0.1, 0.15) is 25.7 Å². The number of pyridine rings is 1. The highest BCUT2D eigenvalue weighted by Gasteiger charge is 2.23. The molecule has 1 aromatic carbocycles. The molecule has 1 aromatic heterocycles. The van der Waals surface area contributed by atoms with E-state index in [0.717, 1.165) is 30.3 Å². The Hall–Kier alpha value is -2.21. The van der Waals surface area contributed by atoms with Gasteiger partial charge in [0.05, 0.1) is 10.3 Å². The third-order valence-electron chi connectivity index (χ3n) is 4.15. The topological polar surface area (TPSA) is 94.1 Å². The highest BCUT2D eigenvalue weighted by molar-refractivity contribution is 5.99. The minimum atomic E-state index is -0.375. The number of hydrogen-bond acceptors (Lipinski definition) is 5. The van der Waals surface area contributed by atoms with Crippen LogP contribution < -0.4 is 11.1 Å². The van der Waals surface area contributed by atoms with Crippen LogP contribution in [-0.4, -0.2) is 22.0 Å². The van der Waals surface area contributed by atoms with Crippen LogP contribution in [0.25, 0.3) is 10.8 Å². The van der Waals surface area contributed by atoms with Crippen LogP contribution in [0.3, 0.4) is 0 Å². The molecule has 0 saturated heterocycles. The van der Waals surface area contributed by atoms with E-state index in [0.29, 0.717) is 5.39 Å². The lowest BCUT2D eigenvalue weighted by molar-refractivity contribution is -0.383. The number of rotatable bonds is 3. The molecule has 2 aromatic rings. The molecule has 1 aliphatic carbocycles. The zero-order chi connectivity index (χ0) is 14.8. The van der Waals surface area contributed by atoms with Crippen LogP contribution in [0.5, 0.6) is 0 Å². The van der Waals surface area contributed by atoms with Crippen LogP contribution in [0.4, 0.5) is 11.4 Å². The first kappa shape index (κ1) is 13.8. The van der Waals surface area contributed by atoms with E-state index in [-0.39, 0.29) is 22.7 Å². The minimum absolute atomic E-state index is 0.0802. The summed E-state index contributed by atoms with van der Waals surface area (Å²) in [5, 5.41) is 15.9. The smallest absolute Gasteiger partial charge is 0.278 e. The predicted octanol–water partition coefficient (Wildman–Crippen LogP) is 2.82. The van der Waals surface area contributed by atoms with E-state index in [1.54, 1.807) is 24.5 Å². The number of nitrogens with zero attached hydrogens (tertiary/aromatic N) is 2. The zero-order valence-electron chi connectivity index (χ0n) is 11.7. The summed E-state index contributed by atoms with van der Waals surface area (Å²) in [7, 11) is 0. The van der Waals surface area contributed by atoms with Crippen molar-refractivity contribution in [2.24, 2.45) is 5.73 Å². The molecule has 0 amide bonds. The molecule has 2 atom stereocenters. The second-order valence-corrected chi connectivity index (χ2v) is 5.51. The van der Waals surface area contributed by atoms with Gasteiger partial charge in [-0.1, -0.05) is 12.8 Å². The maximum Gasteiger partial charge on any atom is 0.278 e. The summed E-state index contributed by atoms with van der Waals surface area (Å²) >= 11 is 0. The molecule has 1 fully saturated rings. The molecule has 6 heteroatoms. The van der Waals surface area contributed by atoms with E-state index in [1.807, 2.05) is 0 Å². The molecule has 0 radical (unpaired) electrons. The fourth-order valence-electron chi connectivity index (χ4n) is 3.00. The fraction of sp³-hybridized carbons (Fsp3) is 0.400. The van der Waals surface area contributed by atoms with Crippen LogP contribution in [-0.2, 0) is 0 Å². The zero-order valence-corrected chi connectivity index (χ0v) is 11.7. The van der Waals surface area contributed by atoms with Crippen molar-refractivity contribution in [3.05, 3.63) is 40.7 Å². The third-order valence-corrected chi connectivity index (χ3v) is 4.15. The van der Waals surface area contributed by atoms with Crippen LogP contribution >= 0.6 is 0 Å². The van der Waals surface area contributed by atoms with Gasteiger partial charge in [-0.25, -0.2) is 0 Å². The van der Waals surface area contributed by atoms with Crippen LogP contribution in [0.15, 0.2) is 30.6 Å². The molecule has 2 unspecified atom stereocenters. The van der Waals surface area contributed by atoms with Gasteiger partial charge in [0.25, 0.3) is 5.69 Å². The number of aromatic nitrogens is 1. The number of fused-ring (bicyclic) bond motifs is 1. The van der Waals surface area contributed by atoms with Crippen molar-refractivity contribution < 1.29 is 4.92 Å². The van der Waals surface area contributed by atoms with Gasteiger partial charge in [-0.2, -0.15) is 0 Å². The van der Waals surface area contributed by atoms with E-state index in [9.17, 15) is 10.1 Å². The monoisotopic (exact) mass is 286 g/mol. The van der Waals surface area contributed by atoms with Gasteiger partial charge < -0.3 is 11.1 Å². The van der Waals surface area contributed by atoms with Crippen molar-refractivity contribution in [3.63, 3.8) is 0 Å². The summed E-state index contributed by atoms with van der Waals surface area (Å²) in [5.41, 5.74) is 7.14. The number of nitrogens with one attached hydrogen (secondary N) is 1. The largest absolute Gasteiger partial charge is 0.380 e. The Bertz CT molecular complexity index is 674. The second kappa shape index (κ2) is 5.65. The number of benzene rings is 1. The SMILES string of the molecule is NC1CCCCC1Nc1ccc([N+](=O)[O-])c2cnccc12. The first-order valence-electron chi connectivity index (χ1n) is 7.20. The Kier molecular flexibility index (Phi) is 3.70. The first-order chi connectivity index (χ1) is 10.2. The molecular weight excluding hydrogens is 268 g/mol. The van der Waals surface area contributed by atoms with Crippen molar-refractivity contribution in [2.75, 3.05) is 5.32 Å². The standard InChI is InChI=1S/C15H18N4O2/c16-12-3-1-2-4-14(12)18-13-5-6-15(19(20)21)11-9-17-8-7-10(11)13/h5-9,12,14,18H,1-4,16H2. The highest BCUT2D eigenvalue weighted by Crippen LogP contribution is 2.32. The average Bonchev–Trinajstić information content (AvgIpc) is 2.49. The molecule has 0 aliphatic heterocycles. The number of nitro groups is 1. The summed E-state index contributed by atoms with van der Waals surface area (Å²) < 4.78 is 0. The molecular formula is C15H18N4O2. The lowest BCUT2D eigenvalue weighted by atomic mass is 9.90. The summed E-state index contributed by atoms with van der Waals surface area (Å²) in [5.74, 6) is 0. The second-order valence-electron chi connectivity index (χ2n) is 5.51. The average molecular weight is 286 g/mol. The maximum atomic E-state index is 11.1. The Morgan fingerprint density at radius 1 is 1.24 bits per heavy atom. The summed E-state index contributed by atoms with van der Waals surface area (Å²) in [6.07, 6.45) is 7.58. The quantitative estimate of drug-likeness (QED) is 0.668. The van der Waals surface area contributed by atoms with Crippen molar-refractivity contribution in [1.29, 1.82) is 0 Å². The molecule has 6 nitrogen and oxygen atoms in total. The summed E-state index contributed by atoms with van der Waals surface area (Å²) in [4.78, 5) is 14.7. The van der Waals surface area contributed by atoms with E-state index < -0.39 is 0 Å². The maximum absolute atomic E-state index is 11.1.